The Morgan fingerprint density at radius 1 is 1.04 bits per heavy atom. The first-order valence-corrected chi connectivity index (χ1v) is 10.3. The molecule has 0 atom stereocenters. The van der Waals surface area contributed by atoms with Gasteiger partial charge in [0.05, 0.1) is 5.69 Å². The van der Waals surface area contributed by atoms with Gasteiger partial charge in [-0.25, -0.2) is 27.5 Å². The molecule has 3 nitrogen and oxygen atoms in total. The standard InChI is InChI=1S/C19H23F4N3S/c1-12-24-15(11-26-8-6-19(22,23)7-9-26)14-10-16(27-17(14)25-12)13-2-4-18(20,21)5-3-13/h10,13H,2-9,11H2,1H3. The quantitative estimate of drug-likeness (QED) is 0.634. The number of aromatic nitrogens is 2. The van der Waals surface area contributed by atoms with E-state index in [1.165, 1.54) is 0 Å². The van der Waals surface area contributed by atoms with Gasteiger partial charge in [-0.3, -0.25) is 4.90 Å². The van der Waals surface area contributed by atoms with Crippen LogP contribution < -0.4 is 0 Å². The Hall–Kier alpha value is -1.28. The Kier molecular flexibility index (Phi) is 4.91. The summed E-state index contributed by atoms with van der Waals surface area (Å²) in [4.78, 5) is 13.0. The van der Waals surface area contributed by atoms with Crippen molar-refractivity contribution in [1.82, 2.24) is 14.9 Å². The summed E-state index contributed by atoms with van der Waals surface area (Å²) in [5.41, 5.74) is 0.853. The van der Waals surface area contributed by atoms with Crippen LogP contribution in [0.3, 0.4) is 0 Å². The molecule has 2 fully saturated rings. The number of piperidine rings is 1. The van der Waals surface area contributed by atoms with E-state index < -0.39 is 11.8 Å². The van der Waals surface area contributed by atoms with Crippen molar-refractivity contribution in [2.75, 3.05) is 13.1 Å². The number of nitrogens with zero attached hydrogens (tertiary/aromatic N) is 3. The molecule has 148 valence electrons. The van der Waals surface area contributed by atoms with Crippen molar-refractivity contribution >= 4 is 21.6 Å². The molecule has 1 aliphatic carbocycles. The van der Waals surface area contributed by atoms with Gasteiger partial charge in [-0.1, -0.05) is 0 Å². The number of hydrogen-bond donors (Lipinski definition) is 0. The number of hydrogen-bond acceptors (Lipinski definition) is 4. The van der Waals surface area contributed by atoms with Gasteiger partial charge in [0, 0.05) is 55.6 Å². The molecule has 1 saturated heterocycles. The highest BCUT2D eigenvalue weighted by molar-refractivity contribution is 7.18. The summed E-state index contributed by atoms with van der Waals surface area (Å²) in [6, 6.07) is 2.04. The monoisotopic (exact) mass is 401 g/mol. The van der Waals surface area contributed by atoms with Gasteiger partial charge in [0.2, 0.25) is 5.92 Å². The average Bonchev–Trinajstić information content (AvgIpc) is 3.00. The summed E-state index contributed by atoms with van der Waals surface area (Å²) in [6.07, 6.45) is 0.610. The van der Waals surface area contributed by atoms with Crippen molar-refractivity contribution in [1.29, 1.82) is 0 Å². The third-order valence-corrected chi connectivity index (χ3v) is 6.87. The van der Waals surface area contributed by atoms with Gasteiger partial charge >= 0.3 is 0 Å². The van der Waals surface area contributed by atoms with E-state index in [9.17, 15) is 17.6 Å². The SMILES string of the molecule is Cc1nc(CN2CCC(F)(F)CC2)c2cc(C3CCC(F)(F)CC3)sc2n1. The van der Waals surface area contributed by atoms with E-state index >= 15 is 0 Å². The van der Waals surface area contributed by atoms with Gasteiger partial charge in [0.15, 0.2) is 0 Å². The third kappa shape index (κ3) is 4.26. The second-order valence-corrected chi connectivity index (χ2v) is 8.91. The largest absolute Gasteiger partial charge is 0.297 e. The maximum Gasteiger partial charge on any atom is 0.250 e. The molecule has 4 rings (SSSR count). The molecule has 0 bridgehead atoms. The lowest BCUT2D eigenvalue weighted by atomic mass is 9.86. The minimum absolute atomic E-state index is 0.0640. The van der Waals surface area contributed by atoms with E-state index in [-0.39, 0.29) is 31.6 Å². The molecule has 0 unspecified atom stereocenters. The molecule has 0 radical (unpaired) electrons. The Balaban J connectivity index is 1.56. The van der Waals surface area contributed by atoms with Crippen LogP contribution in [0.5, 0.6) is 0 Å². The average molecular weight is 401 g/mol. The fourth-order valence-electron chi connectivity index (χ4n) is 4.01. The van der Waals surface area contributed by atoms with Crippen molar-refractivity contribution in [2.45, 2.75) is 69.8 Å². The number of aryl methyl sites for hydroxylation is 1. The predicted octanol–water partition coefficient (Wildman–Crippen LogP) is 5.52. The second kappa shape index (κ2) is 6.95. The van der Waals surface area contributed by atoms with Crippen molar-refractivity contribution in [3.05, 3.63) is 22.5 Å². The molecule has 1 saturated carbocycles. The number of fused-ring (bicyclic) bond motifs is 1. The van der Waals surface area contributed by atoms with E-state index in [4.69, 9.17) is 0 Å². The number of thiophene rings is 1. The maximum atomic E-state index is 13.5. The molecule has 2 aromatic rings. The van der Waals surface area contributed by atoms with E-state index in [1.54, 1.807) is 11.3 Å². The van der Waals surface area contributed by atoms with Crippen LogP contribution in [0.4, 0.5) is 17.6 Å². The molecule has 1 aliphatic heterocycles. The molecule has 0 aromatic carbocycles. The van der Waals surface area contributed by atoms with Gasteiger partial charge in [-0.2, -0.15) is 0 Å². The molecule has 8 heteroatoms. The Labute approximate surface area is 159 Å². The topological polar surface area (TPSA) is 29.0 Å². The summed E-state index contributed by atoms with van der Waals surface area (Å²) >= 11 is 1.56. The highest BCUT2D eigenvalue weighted by atomic mass is 32.1. The van der Waals surface area contributed by atoms with E-state index in [0.29, 0.717) is 38.3 Å². The van der Waals surface area contributed by atoms with Crippen LogP contribution in [0, 0.1) is 6.92 Å². The van der Waals surface area contributed by atoms with Crippen molar-refractivity contribution in [3.63, 3.8) is 0 Å². The lowest BCUT2D eigenvalue weighted by Crippen LogP contribution is -2.39. The van der Waals surface area contributed by atoms with Crippen LogP contribution in [0.1, 0.15) is 60.8 Å². The van der Waals surface area contributed by atoms with Crippen molar-refractivity contribution in [3.8, 4) is 0 Å². The zero-order valence-corrected chi connectivity index (χ0v) is 16.1. The second-order valence-electron chi connectivity index (χ2n) is 7.85. The lowest BCUT2D eigenvalue weighted by Gasteiger charge is -2.31. The van der Waals surface area contributed by atoms with Crippen molar-refractivity contribution in [2.24, 2.45) is 0 Å². The first-order valence-electron chi connectivity index (χ1n) is 9.46. The van der Waals surface area contributed by atoms with E-state index in [1.807, 2.05) is 17.9 Å². The minimum Gasteiger partial charge on any atom is -0.297 e. The molecular formula is C19H23F4N3S. The fraction of sp³-hybridized carbons (Fsp3) is 0.684. The van der Waals surface area contributed by atoms with Gasteiger partial charge in [-0.05, 0) is 31.7 Å². The molecule has 27 heavy (non-hydrogen) atoms. The zero-order chi connectivity index (χ0) is 19.2. The first kappa shape index (κ1) is 19.1. The smallest absolute Gasteiger partial charge is 0.250 e. The van der Waals surface area contributed by atoms with E-state index in [2.05, 4.69) is 9.97 Å². The van der Waals surface area contributed by atoms with Crippen molar-refractivity contribution < 1.29 is 17.6 Å². The van der Waals surface area contributed by atoms with Crippen LogP contribution in [0.2, 0.25) is 0 Å². The number of likely N-dealkylation sites (tertiary alicyclic amines) is 1. The summed E-state index contributed by atoms with van der Waals surface area (Å²) < 4.78 is 53.7. The Bertz CT molecular complexity index is 816. The van der Waals surface area contributed by atoms with Gasteiger partial charge < -0.3 is 0 Å². The van der Waals surface area contributed by atoms with Crippen LogP contribution in [0.15, 0.2) is 6.07 Å². The fourth-order valence-corrected chi connectivity index (χ4v) is 5.28. The highest BCUT2D eigenvalue weighted by Gasteiger charge is 2.36. The minimum atomic E-state index is -2.56. The zero-order valence-electron chi connectivity index (χ0n) is 15.3. The molecular weight excluding hydrogens is 378 g/mol. The number of halogens is 4. The first-order chi connectivity index (χ1) is 12.7. The summed E-state index contributed by atoms with van der Waals surface area (Å²) in [6.45, 7) is 3.06. The third-order valence-electron chi connectivity index (χ3n) is 5.68. The van der Waals surface area contributed by atoms with Crippen LogP contribution >= 0.6 is 11.3 Å². The van der Waals surface area contributed by atoms with Gasteiger partial charge in [0.25, 0.3) is 5.92 Å². The van der Waals surface area contributed by atoms with Crippen LogP contribution in [-0.4, -0.2) is 39.8 Å². The van der Waals surface area contributed by atoms with Gasteiger partial charge in [-0.15, -0.1) is 11.3 Å². The molecule has 2 aromatic heterocycles. The molecule has 3 heterocycles. The maximum absolute atomic E-state index is 13.5. The van der Waals surface area contributed by atoms with Gasteiger partial charge in [0.1, 0.15) is 10.7 Å². The summed E-state index contributed by atoms with van der Waals surface area (Å²) in [5, 5.41) is 0.940. The Morgan fingerprint density at radius 3 is 2.33 bits per heavy atom. The van der Waals surface area contributed by atoms with Crippen LogP contribution in [-0.2, 0) is 6.54 Å². The summed E-state index contributed by atoms with van der Waals surface area (Å²) in [5.74, 6) is -4.30. The van der Waals surface area contributed by atoms with E-state index in [0.717, 1.165) is 20.8 Å². The number of alkyl halides is 4. The molecule has 0 spiro atoms. The Morgan fingerprint density at radius 2 is 1.67 bits per heavy atom. The highest BCUT2D eigenvalue weighted by Crippen LogP contribution is 2.44. The number of rotatable bonds is 3. The predicted molar refractivity (Wildman–Crippen MR) is 97.8 cm³/mol. The summed E-state index contributed by atoms with van der Waals surface area (Å²) in [7, 11) is 0. The normalized spacial score (nSPS) is 23.7. The molecule has 2 aliphatic rings. The van der Waals surface area contributed by atoms with Crippen LogP contribution in [0.25, 0.3) is 10.2 Å². The molecule has 0 amide bonds. The molecule has 0 N–H and O–H groups in total. The lowest BCUT2D eigenvalue weighted by molar-refractivity contribution is -0.0567.